The monoisotopic (exact) mass is 887 g/mol. The lowest BCUT2D eigenvalue weighted by Gasteiger charge is -2.28. The maximum atomic E-state index is 13.3. The van der Waals surface area contributed by atoms with E-state index in [-0.39, 0.29) is 88.8 Å². The van der Waals surface area contributed by atoms with Crippen molar-refractivity contribution in [2.75, 3.05) is 19.8 Å². The third kappa shape index (κ3) is 15.3. The summed E-state index contributed by atoms with van der Waals surface area (Å²) in [5.74, 6) is -1.13. The number of hydrogen-bond acceptors (Lipinski definition) is 9. The normalized spacial score (nSPS) is 13.0. The van der Waals surface area contributed by atoms with Gasteiger partial charge in [-0.1, -0.05) is 161 Å². The van der Waals surface area contributed by atoms with Crippen LogP contribution in [0.4, 0.5) is 0 Å². The molecule has 9 nitrogen and oxygen atoms in total. The summed E-state index contributed by atoms with van der Waals surface area (Å²) in [6, 6.07) is 11.7. The highest BCUT2D eigenvalue weighted by atomic mass is 16.6. The van der Waals surface area contributed by atoms with Gasteiger partial charge in [0.1, 0.15) is 37.1 Å². The molecule has 3 rings (SSSR count). The number of phenolic OH excluding ortho intramolecular Hbond substituents is 3. The minimum atomic E-state index is -0.618. The molecule has 3 aromatic rings. The van der Waals surface area contributed by atoms with E-state index in [0.29, 0.717) is 19.3 Å². The van der Waals surface area contributed by atoms with Crippen molar-refractivity contribution in [1.82, 2.24) is 0 Å². The van der Waals surface area contributed by atoms with Crippen molar-refractivity contribution in [1.29, 1.82) is 0 Å². The molecular weight excluding hydrogens is 805 g/mol. The van der Waals surface area contributed by atoms with E-state index in [0.717, 1.165) is 50.1 Å². The van der Waals surface area contributed by atoms with Crippen LogP contribution in [0.25, 0.3) is 0 Å². The molecular formula is C55H82O9. The zero-order chi connectivity index (χ0) is 49.0. The van der Waals surface area contributed by atoms with Gasteiger partial charge in [-0.15, -0.1) is 0 Å². The first-order valence-electron chi connectivity index (χ1n) is 23.1. The third-order valence-corrected chi connectivity index (χ3v) is 11.7. The predicted octanol–water partition coefficient (Wildman–Crippen LogP) is 12.0. The Bertz CT molecular complexity index is 1770. The fourth-order valence-electron chi connectivity index (χ4n) is 7.68. The fourth-order valence-corrected chi connectivity index (χ4v) is 7.68. The Hall–Kier alpha value is -4.53. The van der Waals surface area contributed by atoms with Gasteiger partial charge in [0, 0.05) is 19.3 Å². The van der Waals surface area contributed by atoms with Gasteiger partial charge in [-0.2, -0.15) is 0 Å². The van der Waals surface area contributed by atoms with E-state index in [2.05, 4.69) is 0 Å². The molecule has 0 heterocycles. The molecule has 3 aromatic carbocycles. The topological polar surface area (TPSA) is 140 Å². The standard InChI is InChI=1S/C55H82O9/c1-50(2,3)38-25-34(26-39(47(38)59)51(4,5)6)19-22-44(56)62-31-37(32-63-45(57)23-20-35-27-40(52(7,8)9)48(60)41(28-35)53(10,11)12)33-64-46(58)24-21-36-29-42(54(13,14)15)49(61)43(30-36)55(16,17)18/h25-30,37,59-61H,19-24,31-33H2,1-18H3. The summed E-state index contributed by atoms with van der Waals surface area (Å²) in [5, 5.41) is 33.5. The first-order chi connectivity index (χ1) is 29.0. The average molecular weight is 887 g/mol. The molecule has 0 aliphatic rings. The molecule has 3 N–H and O–H groups in total. The van der Waals surface area contributed by atoms with E-state index in [1.807, 2.05) is 161 Å². The zero-order valence-corrected chi connectivity index (χ0v) is 42.7. The second-order valence-electron chi connectivity index (χ2n) is 24.0. The van der Waals surface area contributed by atoms with E-state index in [9.17, 15) is 29.7 Å². The summed E-state index contributed by atoms with van der Waals surface area (Å²) < 4.78 is 17.3. The van der Waals surface area contributed by atoms with Crippen molar-refractivity contribution in [3.05, 3.63) is 86.5 Å². The second-order valence-corrected chi connectivity index (χ2v) is 24.0. The number of rotatable bonds is 15. The van der Waals surface area contributed by atoms with Crippen molar-refractivity contribution >= 4 is 17.9 Å². The van der Waals surface area contributed by atoms with E-state index in [1.165, 1.54) is 0 Å². The van der Waals surface area contributed by atoms with Crippen LogP contribution in [0.1, 0.15) is 194 Å². The van der Waals surface area contributed by atoms with Gasteiger partial charge in [0.2, 0.25) is 0 Å². The maximum absolute atomic E-state index is 13.3. The maximum Gasteiger partial charge on any atom is 0.306 e. The first kappa shape index (κ1) is 53.8. The van der Waals surface area contributed by atoms with E-state index < -0.39 is 23.8 Å². The number of esters is 3. The summed E-state index contributed by atoms with van der Waals surface area (Å²) in [6.45, 7) is 36.4. The number of hydrogen-bond donors (Lipinski definition) is 3. The van der Waals surface area contributed by atoms with E-state index in [4.69, 9.17) is 14.2 Å². The van der Waals surface area contributed by atoms with Crippen LogP contribution >= 0.6 is 0 Å². The van der Waals surface area contributed by atoms with Crippen LogP contribution in [0.15, 0.2) is 36.4 Å². The van der Waals surface area contributed by atoms with E-state index >= 15 is 0 Å². The predicted molar refractivity (Wildman–Crippen MR) is 258 cm³/mol. The lowest BCUT2D eigenvalue weighted by Crippen LogP contribution is -2.26. The van der Waals surface area contributed by atoms with Gasteiger partial charge in [0.25, 0.3) is 0 Å². The highest BCUT2D eigenvalue weighted by Crippen LogP contribution is 2.43. The summed E-state index contributed by atoms with van der Waals surface area (Å²) in [7, 11) is 0. The van der Waals surface area contributed by atoms with Gasteiger partial charge < -0.3 is 29.5 Å². The Kier molecular flexibility index (Phi) is 17.1. The van der Waals surface area contributed by atoms with Crippen molar-refractivity contribution in [2.24, 2.45) is 5.92 Å². The molecule has 64 heavy (non-hydrogen) atoms. The highest BCUT2D eigenvalue weighted by Gasteiger charge is 2.30. The van der Waals surface area contributed by atoms with Gasteiger partial charge in [-0.3, -0.25) is 14.4 Å². The molecule has 0 aliphatic heterocycles. The van der Waals surface area contributed by atoms with Gasteiger partial charge in [0.05, 0.1) is 5.92 Å². The lowest BCUT2D eigenvalue weighted by atomic mass is 9.78. The molecule has 0 unspecified atom stereocenters. The molecule has 0 radical (unpaired) electrons. The van der Waals surface area contributed by atoms with Crippen molar-refractivity contribution in [3.8, 4) is 17.2 Å². The Morgan fingerprint density at radius 1 is 0.375 bits per heavy atom. The lowest BCUT2D eigenvalue weighted by molar-refractivity contribution is -0.153. The highest BCUT2D eigenvalue weighted by molar-refractivity contribution is 5.71. The van der Waals surface area contributed by atoms with Crippen molar-refractivity contribution < 1.29 is 43.9 Å². The molecule has 0 bridgehead atoms. The van der Waals surface area contributed by atoms with Gasteiger partial charge in [0.15, 0.2) is 0 Å². The largest absolute Gasteiger partial charge is 0.507 e. The number of carbonyl (C=O) groups excluding carboxylic acids is 3. The van der Waals surface area contributed by atoms with Gasteiger partial charge in [-0.25, -0.2) is 0 Å². The minimum Gasteiger partial charge on any atom is -0.507 e. The van der Waals surface area contributed by atoms with Crippen LogP contribution < -0.4 is 0 Å². The van der Waals surface area contributed by atoms with Crippen LogP contribution in [0.5, 0.6) is 17.2 Å². The Balaban J connectivity index is 1.77. The Labute approximate surface area is 385 Å². The minimum absolute atomic E-state index is 0.0870. The zero-order valence-electron chi connectivity index (χ0n) is 42.7. The van der Waals surface area contributed by atoms with Crippen LogP contribution in [-0.2, 0) is 80.3 Å². The second kappa shape index (κ2) is 20.3. The number of ether oxygens (including phenoxy) is 3. The molecule has 0 saturated carbocycles. The van der Waals surface area contributed by atoms with Crippen LogP contribution in [0.2, 0.25) is 0 Å². The number of aryl methyl sites for hydroxylation is 3. The summed E-state index contributed by atoms with van der Waals surface area (Å²) in [4.78, 5) is 39.8. The SMILES string of the molecule is CC(C)(C)c1cc(CCC(=O)OCC(COC(=O)CCc2cc(C(C)(C)C)c(O)c(C(C)(C)C)c2)COC(=O)CCc2cc(C(C)(C)C)c(O)c(C(C)(C)C)c2)cc(C(C)(C)C)c1O. The average Bonchev–Trinajstić information content (AvgIpc) is 3.13. The van der Waals surface area contributed by atoms with Crippen LogP contribution in [0.3, 0.4) is 0 Å². The number of benzene rings is 3. The summed E-state index contributed by atoms with van der Waals surface area (Å²) in [5.41, 5.74) is 5.77. The van der Waals surface area contributed by atoms with Crippen molar-refractivity contribution in [2.45, 2.75) is 196 Å². The molecule has 0 atom stereocenters. The smallest absolute Gasteiger partial charge is 0.306 e. The molecule has 0 aromatic heterocycles. The molecule has 356 valence electrons. The molecule has 0 aliphatic carbocycles. The Morgan fingerprint density at radius 3 is 0.703 bits per heavy atom. The molecule has 9 heteroatoms. The van der Waals surface area contributed by atoms with Crippen LogP contribution in [-0.4, -0.2) is 53.0 Å². The molecule has 0 saturated heterocycles. The van der Waals surface area contributed by atoms with Gasteiger partial charge in [-0.05, 0) is 102 Å². The Morgan fingerprint density at radius 2 is 0.547 bits per heavy atom. The first-order valence-corrected chi connectivity index (χ1v) is 23.1. The molecule has 0 fully saturated rings. The van der Waals surface area contributed by atoms with E-state index in [1.54, 1.807) is 0 Å². The quantitative estimate of drug-likeness (QED) is 0.100. The van der Waals surface area contributed by atoms with Crippen molar-refractivity contribution in [3.63, 3.8) is 0 Å². The van der Waals surface area contributed by atoms with Crippen LogP contribution in [0, 0.1) is 5.92 Å². The molecule has 0 amide bonds. The number of aromatic hydroxyl groups is 3. The molecule has 0 spiro atoms. The third-order valence-electron chi connectivity index (χ3n) is 11.7. The van der Waals surface area contributed by atoms with Gasteiger partial charge >= 0.3 is 17.9 Å². The number of carbonyl (C=O) groups is 3. The fraction of sp³-hybridized carbons (Fsp3) is 0.618. The summed E-state index contributed by atoms with van der Waals surface area (Å²) in [6.07, 6.45) is 1.46. The number of phenols is 3. The summed E-state index contributed by atoms with van der Waals surface area (Å²) >= 11 is 0.